The van der Waals surface area contributed by atoms with Gasteiger partial charge in [-0.3, -0.25) is 9.97 Å². The summed E-state index contributed by atoms with van der Waals surface area (Å²) in [7, 11) is 0. The highest BCUT2D eigenvalue weighted by molar-refractivity contribution is 5.95. The van der Waals surface area contributed by atoms with Crippen LogP contribution in [0.5, 0.6) is 0 Å². The van der Waals surface area contributed by atoms with Gasteiger partial charge in [-0.2, -0.15) is 0 Å². The van der Waals surface area contributed by atoms with Gasteiger partial charge in [-0.05, 0) is 41.5 Å². The molecule has 0 saturated heterocycles. The van der Waals surface area contributed by atoms with E-state index in [0.29, 0.717) is 0 Å². The molecule has 0 atom stereocenters. The zero-order valence-electron chi connectivity index (χ0n) is 11.8. The van der Waals surface area contributed by atoms with E-state index < -0.39 is 0 Å². The Morgan fingerprint density at radius 1 is 1.05 bits per heavy atom. The van der Waals surface area contributed by atoms with Crippen LogP contribution in [-0.2, 0) is 6.54 Å². The van der Waals surface area contributed by atoms with E-state index in [-0.39, 0.29) is 0 Å². The van der Waals surface area contributed by atoms with Crippen LogP contribution < -0.4 is 5.32 Å². The summed E-state index contributed by atoms with van der Waals surface area (Å²) in [6.45, 7) is 0.897. The lowest BCUT2D eigenvalue weighted by Gasteiger charge is -2.08. The predicted molar refractivity (Wildman–Crippen MR) is 84.8 cm³/mol. The molecule has 0 radical (unpaired) electrons. The average molecular weight is 275 g/mol. The lowest BCUT2D eigenvalue weighted by Crippen LogP contribution is -2.15. The maximum atomic E-state index is 4.41. The average Bonchev–Trinajstić information content (AvgIpc) is 3.37. The van der Waals surface area contributed by atoms with E-state index in [4.69, 9.17) is 0 Å². The van der Waals surface area contributed by atoms with Crippen LogP contribution in [-0.4, -0.2) is 16.0 Å². The summed E-state index contributed by atoms with van der Waals surface area (Å²) in [5.41, 5.74) is 3.59. The summed E-state index contributed by atoms with van der Waals surface area (Å²) in [6, 6.07) is 11.3. The van der Waals surface area contributed by atoms with Gasteiger partial charge in [0.15, 0.2) is 0 Å². The first kappa shape index (κ1) is 12.5. The quantitative estimate of drug-likeness (QED) is 0.791. The van der Waals surface area contributed by atoms with Gasteiger partial charge in [0.05, 0.1) is 0 Å². The third-order valence-electron chi connectivity index (χ3n) is 3.96. The van der Waals surface area contributed by atoms with Crippen molar-refractivity contribution >= 4 is 10.8 Å². The molecule has 1 aromatic carbocycles. The molecule has 1 aliphatic rings. The van der Waals surface area contributed by atoms with Crippen molar-refractivity contribution in [1.82, 2.24) is 15.3 Å². The molecule has 0 bridgehead atoms. The lowest BCUT2D eigenvalue weighted by molar-refractivity contribution is 0.686. The number of hydrogen-bond donors (Lipinski definition) is 1. The van der Waals surface area contributed by atoms with Gasteiger partial charge in [0.25, 0.3) is 0 Å². The minimum absolute atomic E-state index is 0.718. The number of hydrogen-bond acceptors (Lipinski definition) is 3. The molecule has 3 heteroatoms. The van der Waals surface area contributed by atoms with Gasteiger partial charge in [-0.15, -0.1) is 0 Å². The minimum atomic E-state index is 0.718. The molecule has 1 fully saturated rings. The van der Waals surface area contributed by atoms with Crippen molar-refractivity contribution in [2.45, 2.75) is 25.4 Å². The van der Waals surface area contributed by atoms with Crippen molar-refractivity contribution in [3.8, 4) is 11.1 Å². The molecule has 0 aliphatic heterocycles. The number of nitrogens with zero attached hydrogens (tertiary/aromatic N) is 2. The van der Waals surface area contributed by atoms with E-state index in [1.807, 2.05) is 30.9 Å². The Labute approximate surface area is 124 Å². The fraction of sp³-hybridized carbons (Fsp3) is 0.222. The molecule has 1 N–H and O–H groups in total. The molecule has 0 unspecified atom stereocenters. The van der Waals surface area contributed by atoms with Crippen molar-refractivity contribution in [3.05, 3.63) is 60.7 Å². The Morgan fingerprint density at radius 2 is 2.00 bits per heavy atom. The molecule has 21 heavy (non-hydrogen) atoms. The Balaban J connectivity index is 1.72. The first-order valence-corrected chi connectivity index (χ1v) is 7.40. The van der Waals surface area contributed by atoms with Gasteiger partial charge in [0.2, 0.25) is 0 Å². The number of pyridine rings is 2. The molecule has 3 aromatic rings. The van der Waals surface area contributed by atoms with Gasteiger partial charge in [0, 0.05) is 48.3 Å². The van der Waals surface area contributed by atoms with Gasteiger partial charge >= 0.3 is 0 Å². The molecular formula is C18H17N3. The van der Waals surface area contributed by atoms with Gasteiger partial charge in [-0.25, -0.2) is 0 Å². The van der Waals surface area contributed by atoms with Crippen LogP contribution in [0, 0.1) is 0 Å². The minimum Gasteiger partial charge on any atom is -0.310 e. The SMILES string of the molecule is c1cc(-c2cncc(CNC3CC3)c2)c2cnccc2c1. The zero-order valence-corrected chi connectivity index (χ0v) is 11.8. The Kier molecular flexibility index (Phi) is 3.13. The first-order valence-electron chi connectivity index (χ1n) is 7.40. The van der Waals surface area contributed by atoms with Gasteiger partial charge < -0.3 is 5.32 Å². The fourth-order valence-corrected chi connectivity index (χ4v) is 2.65. The monoisotopic (exact) mass is 275 g/mol. The fourth-order valence-electron chi connectivity index (χ4n) is 2.65. The maximum absolute atomic E-state index is 4.41. The second kappa shape index (κ2) is 5.26. The van der Waals surface area contributed by atoms with Crippen molar-refractivity contribution < 1.29 is 0 Å². The predicted octanol–water partition coefficient (Wildman–Crippen LogP) is 3.55. The number of rotatable bonds is 4. The second-order valence-corrected chi connectivity index (χ2v) is 5.64. The van der Waals surface area contributed by atoms with E-state index in [0.717, 1.165) is 18.2 Å². The topological polar surface area (TPSA) is 37.8 Å². The van der Waals surface area contributed by atoms with Crippen LogP contribution in [0.25, 0.3) is 21.9 Å². The molecule has 3 nitrogen and oxygen atoms in total. The molecular weight excluding hydrogens is 258 g/mol. The van der Waals surface area contributed by atoms with Crippen LogP contribution in [0.1, 0.15) is 18.4 Å². The van der Waals surface area contributed by atoms with Crippen LogP contribution in [0.2, 0.25) is 0 Å². The van der Waals surface area contributed by atoms with E-state index in [1.165, 1.54) is 34.7 Å². The third-order valence-corrected chi connectivity index (χ3v) is 3.96. The molecule has 2 heterocycles. The standard InChI is InChI=1S/C18H17N3/c1-2-14-6-7-19-12-18(14)17(3-1)15-8-13(9-20-11-15)10-21-16-4-5-16/h1-3,6-9,11-12,16,21H,4-5,10H2. The molecule has 104 valence electrons. The van der Waals surface area contributed by atoms with Crippen molar-refractivity contribution in [1.29, 1.82) is 0 Å². The molecule has 1 saturated carbocycles. The summed E-state index contributed by atoms with van der Waals surface area (Å²) in [4.78, 5) is 8.66. The van der Waals surface area contributed by atoms with E-state index in [9.17, 15) is 0 Å². The molecule has 2 aromatic heterocycles. The summed E-state index contributed by atoms with van der Waals surface area (Å²) in [5.74, 6) is 0. The smallest absolute Gasteiger partial charge is 0.0352 e. The van der Waals surface area contributed by atoms with Crippen LogP contribution in [0.15, 0.2) is 55.1 Å². The highest BCUT2D eigenvalue weighted by Crippen LogP contribution is 2.28. The Hall–Kier alpha value is -2.26. The molecule has 0 amide bonds. The summed E-state index contributed by atoms with van der Waals surface area (Å²) >= 11 is 0. The third kappa shape index (κ3) is 2.65. The molecule has 0 spiro atoms. The van der Waals surface area contributed by atoms with E-state index >= 15 is 0 Å². The lowest BCUT2D eigenvalue weighted by atomic mass is 10.00. The van der Waals surface area contributed by atoms with Crippen LogP contribution >= 0.6 is 0 Å². The van der Waals surface area contributed by atoms with E-state index in [1.54, 1.807) is 0 Å². The van der Waals surface area contributed by atoms with Crippen LogP contribution in [0.3, 0.4) is 0 Å². The second-order valence-electron chi connectivity index (χ2n) is 5.64. The zero-order chi connectivity index (χ0) is 14.1. The van der Waals surface area contributed by atoms with Gasteiger partial charge in [0.1, 0.15) is 0 Å². The van der Waals surface area contributed by atoms with Crippen molar-refractivity contribution in [2.75, 3.05) is 0 Å². The van der Waals surface area contributed by atoms with E-state index in [2.05, 4.69) is 39.6 Å². The number of benzene rings is 1. The first-order chi connectivity index (χ1) is 10.4. The van der Waals surface area contributed by atoms with Crippen molar-refractivity contribution in [2.24, 2.45) is 0 Å². The summed E-state index contributed by atoms with van der Waals surface area (Å²) < 4.78 is 0. The largest absolute Gasteiger partial charge is 0.310 e. The molecule has 4 rings (SSSR count). The normalized spacial score (nSPS) is 14.5. The highest BCUT2D eigenvalue weighted by atomic mass is 14.9. The summed E-state index contributed by atoms with van der Waals surface area (Å²) in [6.07, 6.45) is 10.3. The number of aromatic nitrogens is 2. The number of fused-ring (bicyclic) bond motifs is 1. The number of nitrogens with one attached hydrogen (secondary N) is 1. The van der Waals surface area contributed by atoms with Crippen molar-refractivity contribution in [3.63, 3.8) is 0 Å². The van der Waals surface area contributed by atoms with Crippen LogP contribution in [0.4, 0.5) is 0 Å². The molecule has 1 aliphatic carbocycles. The Morgan fingerprint density at radius 3 is 2.90 bits per heavy atom. The Bertz CT molecular complexity index is 773. The van der Waals surface area contributed by atoms with Gasteiger partial charge in [-0.1, -0.05) is 18.2 Å². The summed E-state index contributed by atoms with van der Waals surface area (Å²) in [5, 5.41) is 5.92. The highest BCUT2D eigenvalue weighted by Gasteiger charge is 2.20. The maximum Gasteiger partial charge on any atom is 0.0352 e.